The summed E-state index contributed by atoms with van der Waals surface area (Å²) in [5.41, 5.74) is 2.39. The lowest BCUT2D eigenvalue weighted by atomic mass is 10.1. The fourth-order valence-electron chi connectivity index (χ4n) is 3.20. The second-order valence-electron chi connectivity index (χ2n) is 7.27. The van der Waals surface area contributed by atoms with Crippen molar-refractivity contribution in [3.63, 3.8) is 0 Å². The molecule has 0 radical (unpaired) electrons. The molecule has 1 aromatic carbocycles. The molecule has 2 heterocycles. The Kier molecular flexibility index (Phi) is 6.83. The first kappa shape index (κ1) is 21.3. The molecule has 0 aliphatic carbocycles. The van der Waals surface area contributed by atoms with E-state index in [9.17, 15) is 8.42 Å². The third-order valence-corrected chi connectivity index (χ3v) is 7.39. The van der Waals surface area contributed by atoms with Gasteiger partial charge in [-0.2, -0.15) is 0 Å². The van der Waals surface area contributed by atoms with Gasteiger partial charge in [-0.25, -0.2) is 13.1 Å². The standard InChI is InChI=1S/C20H26ClN3O2S2/c1-15(23(2)3)16-4-6-18(7-5-16)24-12-10-17(14-24)22-28(25,26)13-11-19-8-9-20(21)27-19/h4-9,11,13,15,17,22H,10,12,14H2,1-3H3/b13-11+. The summed E-state index contributed by atoms with van der Waals surface area (Å²) < 4.78 is 28.1. The molecule has 5 nitrogen and oxygen atoms in total. The summed E-state index contributed by atoms with van der Waals surface area (Å²) in [4.78, 5) is 5.21. The molecule has 1 aliphatic rings. The lowest BCUT2D eigenvalue weighted by Gasteiger charge is -2.22. The number of thiophene rings is 1. The van der Waals surface area contributed by atoms with Gasteiger partial charge >= 0.3 is 0 Å². The van der Waals surface area contributed by atoms with Crippen molar-refractivity contribution < 1.29 is 8.42 Å². The van der Waals surface area contributed by atoms with Gasteiger partial charge in [-0.3, -0.25) is 0 Å². The van der Waals surface area contributed by atoms with Crippen LogP contribution in [0.15, 0.2) is 41.8 Å². The van der Waals surface area contributed by atoms with E-state index in [1.165, 1.54) is 22.3 Å². The molecule has 2 aromatic rings. The predicted molar refractivity (Wildman–Crippen MR) is 120 cm³/mol. The quantitative estimate of drug-likeness (QED) is 0.702. The van der Waals surface area contributed by atoms with E-state index < -0.39 is 10.0 Å². The smallest absolute Gasteiger partial charge is 0.234 e. The molecular formula is C20H26ClN3O2S2. The Morgan fingerprint density at radius 2 is 1.96 bits per heavy atom. The molecular weight excluding hydrogens is 414 g/mol. The van der Waals surface area contributed by atoms with Gasteiger partial charge in [0, 0.05) is 41.1 Å². The largest absolute Gasteiger partial charge is 0.370 e. The van der Waals surface area contributed by atoms with Crippen LogP contribution in [0.5, 0.6) is 0 Å². The first-order chi connectivity index (χ1) is 13.2. The molecule has 0 saturated carbocycles. The highest BCUT2D eigenvalue weighted by Gasteiger charge is 2.25. The molecule has 1 saturated heterocycles. The van der Waals surface area contributed by atoms with Crippen LogP contribution in [0.1, 0.15) is 29.8 Å². The molecule has 1 aromatic heterocycles. The Hall–Kier alpha value is -1.38. The van der Waals surface area contributed by atoms with Crippen molar-refractivity contribution in [1.29, 1.82) is 0 Å². The number of rotatable bonds is 7. The van der Waals surface area contributed by atoms with Gasteiger partial charge in [-0.05, 0) is 63.3 Å². The number of sulfonamides is 1. The molecule has 1 aliphatic heterocycles. The van der Waals surface area contributed by atoms with Crippen molar-refractivity contribution >= 4 is 44.7 Å². The van der Waals surface area contributed by atoms with Gasteiger partial charge in [0.25, 0.3) is 0 Å². The summed E-state index contributed by atoms with van der Waals surface area (Å²) in [5, 5.41) is 1.22. The number of anilines is 1. The molecule has 2 atom stereocenters. The first-order valence-electron chi connectivity index (χ1n) is 9.20. The average Bonchev–Trinajstić information content (AvgIpc) is 3.28. The lowest BCUT2D eigenvalue weighted by Crippen LogP contribution is -2.35. The Bertz CT molecular complexity index is 923. The lowest BCUT2D eigenvalue weighted by molar-refractivity contribution is 0.321. The molecule has 1 fully saturated rings. The van der Waals surface area contributed by atoms with Crippen LogP contribution in [0.3, 0.4) is 0 Å². The molecule has 1 N–H and O–H groups in total. The van der Waals surface area contributed by atoms with E-state index in [0.717, 1.165) is 23.5 Å². The fraction of sp³-hybridized carbons (Fsp3) is 0.400. The van der Waals surface area contributed by atoms with Crippen molar-refractivity contribution in [2.45, 2.75) is 25.4 Å². The van der Waals surface area contributed by atoms with Crippen molar-refractivity contribution in [3.05, 3.63) is 56.6 Å². The van der Waals surface area contributed by atoms with Gasteiger partial charge in [0.05, 0.1) is 4.34 Å². The number of hydrogen-bond acceptors (Lipinski definition) is 5. The molecule has 0 bridgehead atoms. The Morgan fingerprint density at radius 1 is 1.25 bits per heavy atom. The zero-order chi connectivity index (χ0) is 20.3. The summed E-state index contributed by atoms with van der Waals surface area (Å²) in [6.45, 7) is 3.67. The van der Waals surface area contributed by atoms with E-state index in [1.54, 1.807) is 18.2 Å². The topological polar surface area (TPSA) is 52.7 Å². The van der Waals surface area contributed by atoms with Crippen molar-refractivity contribution in [2.24, 2.45) is 0 Å². The maximum Gasteiger partial charge on any atom is 0.234 e. The summed E-state index contributed by atoms with van der Waals surface area (Å²) in [5.74, 6) is 0. The molecule has 0 amide bonds. The highest BCUT2D eigenvalue weighted by Crippen LogP contribution is 2.25. The van der Waals surface area contributed by atoms with E-state index in [1.807, 2.05) is 0 Å². The highest BCUT2D eigenvalue weighted by molar-refractivity contribution is 7.92. The minimum Gasteiger partial charge on any atom is -0.370 e. The van der Waals surface area contributed by atoms with Gasteiger partial charge in [0.1, 0.15) is 0 Å². The van der Waals surface area contributed by atoms with Crippen LogP contribution in [0.25, 0.3) is 6.08 Å². The maximum absolute atomic E-state index is 12.3. The normalized spacial score (nSPS) is 19.0. The van der Waals surface area contributed by atoms with Crippen molar-refractivity contribution in [3.8, 4) is 0 Å². The Balaban J connectivity index is 1.58. The third kappa shape index (κ3) is 5.58. The summed E-state index contributed by atoms with van der Waals surface area (Å²) in [6, 6.07) is 12.3. The Morgan fingerprint density at radius 3 is 2.57 bits per heavy atom. The van der Waals surface area contributed by atoms with E-state index in [2.05, 4.69) is 59.8 Å². The minimum atomic E-state index is -3.49. The van der Waals surface area contributed by atoms with Gasteiger partial charge in [0.2, 0.25) is 10.0 Å². The van der Waals surface area contributed by atoms with Crippen LogP contribution in [-0.2, 0) is 10.0 Å². The van der Waals surface area contributed by atoms with E-state index >= 15 is 0 Å². The number of hydrogen-bond donors (Lipinski definition) is 1. The molecule has 28 heavy (non-hydrogen) atoms. The van der Waals surface area contributed by atoms with Gasteiger partial charge < -0.3 is 9.80 Å². The molecule has 3 rings (SSSR count). The first-order valence-corrected chi connectivity index (χ1v) is 11.9. The van der Waals surface area contributed by atoms with E-state index in [0.29, 0.717) is 16.9 Å². The van der Waals surface area contributed by atoms with Crippen molar-refractivity contribution in [2.75, 3.05) is 32.1 Å². The van der Waals surface area contributed by atoms with Gasteiger partial charge in [0.15, 0.2) is 0 Å². The van der Waals surface area contributed by atoms with Gasteiger partial charge in [-0.15, -0.1) is 11.3 Å². The molecule has 8 heteroatoms. The molecule has 2 unspecified atom stereocenters. The van der Waals surface area contributed by atoms with Crippen LogP contribution in [0.2, 0.25) is 4.34 Å². The number of nitrogens with zero attached hydrogens (tertiary/aromatic N) is 2. The van der Waals surface area contributed by atoms with Crippen molar-refractivity contribution in [1.82, 2.24) is 9.62 Å². The third-order valence-electron chi connectivity index (χ3n) is 5.04. The Labute approximate surface area is 176 Å². The fourth-order valence-corrected chi connectivity index (χ4v) is 5.31. The summed E-state index contributed by atoms with van der Waals surface area (Å²) in [6.07, 6.45) is 2.37. The van der Waals surface area contributed by atoms with E-state index in [-0.39, 0.29) is 6.04 Å². The minimum absolute atomic E-state index is 0.0954. The van der Waals surface area contributed by atoms with Crippen LogP contribution in [-0.4, -0.2) is 46.5 Å². The van der Waals surface area contributed by atoms with Crippen LogP contribution in [0.4, 0.5) is 5.69 Å². The maximum atomic E-state index is 12.3. The zero-order valence-electron chi connectivity index (χ0n) is 16.3. The molecule has 152 valence electrons. The number of halogens is 1. The summed E-state index contributed by atoms with van der Waals surface area (Å²) in [7, 11) is 0.647. The highest BCUT2D eigenvalue weighted by atomic mass is 35.5. The second-order valence-corrected chi connectivity index (χ2v) is 10.6. The van der Waals surface area contributed by atoms with Crippen LogP contribution >= 0.6 is 22.9 Å². The van der Waals surface area contributed by atoms with Crippen LogP contribution < -0.4 is 9.62 Å². The monoisotopic (exact) mass is 439 g/mol. The predicted octanol–water partition coefficient (Wildman–Crippen LogP) is 4.19. The molecule has 0 spiro atoms. The summed E-state index contributed by atoms with van der Waals surface area (Å²) >= 11 is 7.22. The number of benzene rings is 1. The van der Waals surface area contributed by atoms with Crippen LogP contribution in [0, 0.1) is 0 Å². The van der Waals surface area contributed by atoms with Gasteiger partial charge in [-0.1, -0.05) is 23.7 Å². The SMILES string of the molecule is CC(c1ccc(N2CCC(NS(=O)(=O)/C=C/c3ccc(Cl)s3)C2)cc1)N(C)C. The number of nitrogens with one attached hydrogen (secondary N) is 1. The zero-order valence-corrected chi connectivity index (χ0v) is 18.7. The van der Waals surface area contributed by atoms with E-state index in [4.69, 9.17) is 11.6 Å². The average molecular weight is 440 g/mol. The second kappa shape index (κ2) is 8.97.